The monoisotopic (exact) mass is 615 g/mol. The Labute approximate surface area is 239 Å². The molecule has 39 heavy (non-hydrogen) atoms. The van der Waals surface area contributed by atoms with E-state index in [0.717, 1.165) is 21.9 Å². The maximum Gasteiger partial charge on any atom is 0.242 e. The highest BCUT2D eigenvalue weighted by atomic mass is 79.9. The van der Waals surface area contributed by atoms with Gasteiger partial charge in [0.15, 0.2) is 0 Å². The molecule has 1 atom stereocenters. The Morgan fingerprint density at radius 3 is 2.21 bits per heavy atom. The quantitative estimate of drug-likeness (QED) is 0.308. The molecule has 2 amide bonds. The fraction of sp³-hybridized carbons (Fsp3) is 0.310. The molecule has 0 aliphatic heterocycles. The van der Waals surface area contributed by atoms with Gasteiger partial charge in [-0.1, -0.05) is 70.5 Å². The molecule has 0 saturated carbocycles. The largest absolute Gasteiger partial charge is 0.495 e. The van der Waals surface area contributed by atoms with Crippen LogP contribution in [0.25, 0.3) is 0 Å². The van der Waals surface area contributed by atoms with Gasteiger partial charge >= 0.3 is 0 Å². The molecule has 0 heterocycles. The zero-order valence-electron chi connectivity index (χ0n) is 22.3. The Morgan fingerprint density at radius 1 is 0.949 bits per heavy atom. The molecule has 3 rings (SSSR count). The fourth-order valence-electron chi connectivity index (χ4n) is 4.33. The van der Waals surface area contributed by atoms with Gasteiger partial charge in [0, 0.05) is 37.5 Å². The van der Waals surface area contributed by atoms with E-state index >= 15 is 0 Å². The van der Waals surface area contributed by atoms with Crippen molar-refractivity contribution >= 4 is 43.5 Å². The molecule has 0 unspecified atom stereocenters. The summed E-state index contributed by atoms with van der Waals surface area (Å²) in [4.78, 5) is 28.3. The molecule has 0 saturated heterocycles. The van der Waals surface area contributed by atoms with E-state index in [4.69, 9.17) is 4.74 Å². The summed E-state index contributed by atoms with van der Waals surface area (Å²) < 4.78 is 32.8. The van der Waals surface area contributed by atoms with Crippen molar-refractivity contribution in [3.05, 3.63) is 94.5 Å². The predicted octanol–water partition coefficient (Wildman–Crippen LogP) is 4.39. The first-order valence-corrected chi connectivity index (χ1v) is 15.2. The minimum atomic E-state index is -3.64. The molecule has 0 bridgehead atoms. The molecular weight excluding hydrogens is 582 g/mol. The average molecular weight is 617 g/mol. The molecule has 1 N–H and O–H groups in total. The third kappa shape index (κ3) is 8.56. The van der Waals surface area contributed by atoms with Crippen molar-refractivity contribution in [1.29, 1.82) is 0 Å². The number of para-hydroxylation sites is 2. The van der Waals surface area contributed by atoms with E-state index in [1.807, 2.05) is 54.6 Å². The molecular formula is C29H34BrN3O5S. The first-order chi connectivity index (χ1) is 18.6. The van der Waals surface area contributed by atoms with E-state index in [1.165, 1.54) is 11.4 Å². The van der Waals surface area contributed by atoms with Crippen LogP contribution in [0.5, 0.6) is 5.75 Å². The van der Waals surface area contributed by atoms with Crippen LogP contribution in [0.15, 0.2) is 83.3 Å². The van der Waals surface area contributed by atoms with Crippen LogP contribution in [-0.4, -0.2) is 58.1 Å². The summed E-state index contributed by atoms with van der Waals surface area (Å²) >= 11 is 3.43. The Bertz CT molecular complexity index is 1350. The van der Waals surface area contributed by atoms with E-state index in [1.54, 1.807) is 36.2 Å². The van der Waals surface area contributed by atoms with Crippen LogP contribution in [0.3, 0.4) is 0 Å². The summed E-state index contributed by atoms with van der Waals surface area (Å²) in [7, 11) is -0.600. The van der Waals surface area contributed by atoms with E-state index < -0.39 is 16.1 Å². The van der Waals surface area contributed by atoms with Crippen molar-refractivity contribution in [2.24, 2.45) is 0 Å². The second kappa shape index (κ2) is 14.1. The van der Waals surface area contributed by atoms with E-state index in [0.29, 0.717) is 17.9 Å². The number of carbonyl (C=O) groups is 2. The highest BCUT2D eigenvalue weighted by Gasteiger charge is 2.30. The van der Waals surface area contributed by atoms with Gasteiger partial charge in [-0.3, -0.25) is 13.9 Å². The van der Waals surface area contributed by atoms with Gasteiger partial charge in [0.05, 0.1) is 19.1 Å². The first kappa shape index (κ1) is 30.2. The van der Waals surface area contributed by atoms with Gasteiger partial charge in [-0.05, 0) is 41.8 Å². The lowest BCUT2D eigenvalue weighted by Crippen LogP contribution is -2.49. The van der Waals surface area contributed by atoms with Gasteiger partial charge in [0.2, 0.25) is 21.8 Å². The van der Waals surface area contributed by atoms with Crippen molar-refractivity contribution in [2.45, 2.75) is 31.8 Å². The number of methoxy groups -OCH3 is 1. The molecule has 0 aliphatic rings. The Hall–Kier alpha value is -3.37. The summed E-state index contributed by atoms with van der Waals surface area (Å²) in [6.07, 6.45) is 1.79. The lowest BCUT2D eigenvalue weighted by Gasteiger charge is -2.31. The third-order valence-electron chi connectivity index (χ3n) is 6.29. The number of carbonyl (C=O) groups excluding carboxylic acids is 2. The second-order valence-corrected chi connectivity index (χ2v) is 11.9. The SMILES string of the molecule is CNC(=O)[C@@H](Cc1ccccc1)N(Cc1ccc(Br)cc1)C(=O)CCCN(c1ccccc1OC)S(C)(=O)=O. The smallest absolute Gasteiger partial charge is 0.242 e. The van der Waals surface area contributed by atoms with Gasteiger partial charge in [-0.25, -0.2) is 8.42 Å². The number of benzene rings is 3. The number of nitrogens with zero attached hydrogens (tertiary/aromatic N) is 2. The summed E-state index contributed by atoms with van der Waals surface area (Å²) in [6, 6.07) is 23.3. The van der Waals surface area contributed by atoms with Crippen molar-refractivity contribution in [1.82, 2.24) is 10.2 Å². The number of sulfonamides is 1. The number of hydrogen-bond donors (Lipinski definition) is 1. The van der Waals surface area contributed by atoms with Crippen LogP contribution >= 0.6 is 15.9 Å². The van der Waals surface area contributed by atoms with Crippen molar-refractivity contribution in [3.63, 3.8) is 0 Å². The molecule has 10 heteroatoms. The lowest BCUT2D eigenvalue weighted by atomic mass is 10.0. The number of nitrogens with one attached hydrogen (secondary N) is 1. The number of amides is 2. The van der Waals surface area contributed by atoms with Crippen molar-refractivity contribution < 1.29 is 22.7 Å². The number of anilines is 1. The number of hydrogen-bond acceptors (Lipinski definition) is 5. The Balaban J connectivity index is 1.85. The van der Waals surface area contributed by atoms with E-state index in [-0.39, 0.29) is 37.7 Å². The average Bonchev–Trinajstić information content (AvgIpc) is 2.93. The highest BCUT2D eigenvalue weighted by Crippen LogP contribution is 2.30. The van der Waals surface area contributed by atoms with Gasteiger partial charge in [0.25, 0.3) is 0 Å². The molecule has 0 aromatic heterocycles. The number of ether oxygens (including phenoxy) is 1. The van der Waals surface area contributed by atoms with Crippen LogP contribution in [-0.2, 0) is 32.6 Å². The van der Waals surface area contributed by atoms with Crippen LogP contribution in [0.2, 0.25) is 0 Å². The van der Waals surface area contributed by atoms with Gasteiger partial charge in [-0.15, -0.1) is 0 Å². The normalized spacial score (nSPS) is 11.9. The molecule has 3 aromatic carbocycles. The van der Waals surface area contributed by atoms with E-state index in [2.05, 4.69) is 21.2 Å². The molecule has 0 aliphatic carbocycles. The van der Waals surface area contributed by atoms with Crippen LogP contribution in [0, 0.1) is 0 Å². The lowest BCUT2D eigenvalue weighted by molar-refractivity contribution is -0.141. The summed E-state index contributed by atoms with van der Waals surface area (Å²) in [5.74, 6) is -0.0827. The summed E-state index contributed by atoms with van der Waals surface area (Å²) in [5, 5.41) is 2.70. The molecule has 3 aromatic rings. The van der Waals surface area contributed by atoms with Gasteiger partial charge in [-0.2, -0.15) is 0 Å². The third-order valence-corrected chi connectivity index (χ3v) is 8.00. The summed E-state index contributed by atoms with van der Waals surface area (Å²) in [5.41, 5.74) is 2.22. The zero-order valence-corrected chi connectivity index (χ0v) is 24.7. The standard InChI is InChI=1S/C29H34BrN3O5S/c1-31-29(35)26(20-22-10-5-4-6-11-22)32(21-23-15-17-24(30)18-16-23)28(34)14-9-19-33(39(3,36)37)25-12-7-8-13-27(25)38-2/h4-8,10-13,15-18,26H,9,14,19-21H2,1-3H3,(H,31,35)/t26-/m1/s1. The molecule has 0 spiro atoms. The fourth-order valence-corrected chi connectivity index (χ4v) is 5.56. The van der Waals surface area contributed by atoms with Gasteiger partial charge < -0.3 is 15.0 Å². The maximum absolute atomic E-state index is 13.7. The second-order valence-electron chi connectivity index (χ2n) is 9.08. The van der Waals surface area contributed by atoms with Crippen molar-refractivity contribution in [3.8, 4) is 5.75 Å². The van der Waals surface area contributed by atoms with Gasteiger partial charge in [0.1, 0.15) is 11.8 Å². The van der Waals surface area contributed by atoms with E-state index in [9.17, 15) is 18.0 Å². The highest BCUT2D eigenvalue weighted by molar-refractivity contribution is 9.10. The minimum Gasteiger partial charge on any atom is -0.495 e. The number of rotatable bonds is 13. The van der Waals surface area contributed by atoms with Crippen LogP contribution in [0.1, 0.15) is 24.0 Å². The molecule has 208 valence electrons. The number of halogens is 1. The number of likely N-dealkylation sites (N-methyl/N-ethyl adjacent to an activating group) is 1. The molecule has 8 nitrogen and oxygen atoms in total. The maximum atomic E-state index is 13.7. The zero-order chi connectivity index (χ0) is 28.4. The topological polar surface area (TPSA) is 96.0 Å². The minimum absolute atomic E-state index is 0.0555. The van der Waals surface area contributed by atoms with Crippen LogP contribution < -0.4 is 14.4 Å². The first-order valence-electron chi connectivity index (χ1n) is 12.5. The van der Waals surface area contributed by atoms with Crippen molar-refractivity contribution in [2.75, 3.05) is 31.3 Å². The molecule has 0 radical (unpaired) electrons. The Morgan fingerprint density at radius 2 is 1.59 bits per heavy atom. The van der Waals surface area contributed by atoms with Crippen LogP contribution in [0.4, 0.5) is 5.69 Å². The Kier molecular flexibility index (Phi) is 10.9. The predicted molar refractivity (Wildman–Crippen MR) is 157 cm³/mol. The molecule has 0 fully saturated rings. The summed E-state index contributed by atoms with van der Waals surface area (Å²) in [6.45, 7) is 0.319.